The van der Waals surface area contributed by atoms with Crippen molar-refractivity contribution in [1.82, 2.24) is 0 Å². The van der Waals surface area contributed by atoms with E-state index in [2.05, 4.69) is 46.6 Å². The fourth-order valence-corrected chi connectivity index (χ4v) is 22.3. The molecule has 4 saturated carbocycles. The fraction of sp³-hybridized carbons (Fsp3) is 0.564. The molecule has 0 radical (unpaired) electrons. The molecule has 8 nitrogen and oxygen atoms in total. The maximum absolute atomic E-state index is 14.8. The minimum absolute atomic E-state index is 0.174. The van der Waals surface area contributed by atoms with Crippen molar-refractivity contribution >= 4 is 0 Å². The second-order valence-electron chi connectivity index (χ2n) is 40.3. The van der Waals surface area contributed by atoms with E-state index in [0.29, 0.717) is 98.7 Å². The molecular formula is C110H120F28O8. The van der Waals surface area contributed by atoms with Gasteiger partial charge in [0.25, 0.3) is 0 Å². The van der Waals surface area contributed by atoms with Gasteiger partial charge in [-0.05, 0) is 315 Å². The molecule has 8 aliphatic rings. The van der Waals surface area contributed by atoms with E-state index >= 15 is 0 Å². The summed E-state index contributed by atoms with van der Waals surface area (Å²) in [5.74, 6) is -35.2. The monoisotopic (exact) mass is 2100 g/mol. The molecule has 0 amide bonds. The third kappa shape index (κ3) is 29.0. The fourth-order valence-electron chi connectivity index (χ4n) is 22.3. The number of unbranched alkanes of at least 4 members (excludes halogenated alkanes) is 3. The number of halogens is 28. The van der Waals surface area contributed by atoms with Crippen LogP contribution in [0.3, 0.4) is 0 Å². The molecule has 36 heteroatoms. The minimum Gasteiger partial charge on any atom is -0.429 e. The Morgan fingerprint density at radius 3 is 0.603 bits per heavy atom. The smallest absolute Gasteiger partial charge is 0.429 e. The second kappa shape index (κ2) is 50.6. The average Bonchev–Trinajstić information content (AvgIpc) is 0.784. The number of hydrogen-bond donors (Lipinski definition) is 0. The summed E-state index contributed by atoms with van der Waals surface area (Å²) in [7, 11) is 0. The first-order chi connectivity index (χ1) is 69.3. The van der Waals surface area contributed by atoms with Crippen LogP contribution in [-0.2, 0) is 43.4 Å². The highest BCUT2D eigenvalue weighted by Gasteiger charge is 2.49. The van der Waals surface area contributed by atoms with Crippen LogP contribution in [0.15, 0.2) is 97.1 Å². The zero-order chi connectivity index (χ0) is 106. The van der Waals surface area contributed by atoms with Crippen molar-refractivity contribution < 1.29 is 161 Å². The first-order valence-corrected chi connectivity index (χ1v) is 50.6. The summed E-state index contributed by atoms with van der Waals surface area (Å²) in [5.41, 5.74) is -5.62. The van der Waals surface area contributed by atoms with Crippen molar-refractivity contribution in [3.63, 3.8) is 0 Å². The lowest BCUT2D eigenvalue weighted by atomic mass is 9.75. The first kappa shape index (κ1) is 114. The maximum atomic E-state index is 14.8. The van der Waals surface area contributed by atoms with E-state index in [1.165, 1.54) is 44.9 Å². The lowest BCUT2D eigenvalue weighted by Crippen LogP contribution is -2.34. The third-order valence-corrected chi connectivity index (χ3v) is 30.4. The lowest BCUT2D eigenvalue weighted by Gasteiger charge is -2.38. The van der Waals surface area contributed by atoms with Gasteiger partial charge in [0.1, 0.15) is 91.8 Å². The van der Waals surface area contributed by atoms with Crippen LogP contribution in [0.25, 0.3) is 0 Å². The molecule has 0 aromatic heterocycles. The van der Waals surface area contributed by atoms with Crippen molar-refractivity contribution in [1.29, 1.82) is 0 Å². The second-order valence-corrected chi connectivity index (χ2v) is 40.3. The minimum atomic E-state index is -4.59. The Morgan fingerprint density at radius 1 is 0.219 bits per heavy atom. The summed E-state index contributed by atoms with van der Waals surface area (Å²) in [6, 6.07) is 8.30. The van der Waals surface area contributed by atoms with Crippen LogP contribution < -0.4 is 18.9 Å². The molecule has 804 valence electrons. The van der Waals surface area contributed by atoms with E-state index in [9.17, 15) is 123 Å². The van der Waals surface area contributed by atoms with E-state index in [4.69, 9.17) is 18.9 Å². The van der Waals surface area contributed by atoms with Crippen molar-refractivity contribution in [2.75, 3.05) is 26.4 Å². The highest BCUT2D eigenvalue weighted by atomic mass is 19.3. The standard InChI is InChI=1S/C29H33F7O2.C28H31F7O2.C27H29F7O2.C26H27F7O2/c1-2-3-4-5-17-6-11-26(37-16-17)19-9-7-18(8-10-19)20-12-22(30)27(23(31)13-20)29(35,36)38-21-14-24(32)28(34)25(33)15-21;1-2-3-4-16-5-10-25(36-15-16)18-8-6-17(7-9-18)19-11-21(29)26(22(30)12-19)28(34,35)37-20-13-23(31)27(33)24(32)14-20;1-2-3-15-4-9-24(35-14-15)17-7-5-16(6-8-17)18-10-20(28)25(21(29)11-18)27(33,34)36-19-12-22(30)26(32)23(31)13-19;1-2-14-3-8-23(34-13-14)16-6-4-15(5-7-16)17-9-19(27)24(20(28)10-17)26(32,33)35-18-11-21(29)25(31)22(30)12-18/h12-15,17-19,26H,2-11,16H2,1H3;11-14,16-18,25H,2-10,15H2,1H3;10-13,15-17,24H,2-9,14H2,1H3;9-12,14-16,23H,2-8,13H2,1H3. The summed E-state index contributed by atoms with van der Waals surface area (Å²) in [4.78, 5) is 0. The molecule has 8 unspecified atom stereocenters. The zero-order valence-corrected chi connectivity index (χ0v) is 81.2. The summed E-state index contributed by atoms with van der Waals surface area (Å²) in [6.07, 6.45) is 14.6. The van der Waals surface area contributed by atoms with Gasteiger partial charge in [-0.3, -0.25) is 0 Å². The van der Waals surface area contributed by atoms with Gasteiger partial charge in [0.05, 0.1) is 24.4 Å². The van der Waals surface area contributed by atoms with Crippen molar-refractivity contribution in [3.8, 4) is 23.0 Å². The SMILES string of the molecule is CCC1CCC(C2CCC(c3cc(F)c(C(F)(F)Oc4cc(F)c(F)c(F)c4)c(F)c3)CC2)OC1.CCCC1CCC(C2CCC(c3cc(F)c(C(F)(F)Oc4cc(F)c(F)c(F)c4)c(F)c3)CC2)OC1.CCCCC1CCC(C2CCC(c3cc(F)c(C(F)(F)Oc4cc(F)c(F)c(F)c4)c(F)c3)CC2)OC1.CCCCCC1CCC(C2CCC(c3cc(F)c(C(F)(F)Oc4cc(F)c(F)c(F)c4)c(F)c3)CC2)OC1. The largest absolute Gasteiger partial charge is 0.432 e. The molecule has 8 atom stereocenters. The number of alkyl halides is 8. The molecule has 8 fully saturated rings. The van der Waals surface area contributed by atoms with Gasteiger partial charge >= 0.3 is 24.4 Å². The van der Waals surface area contributed by atoms with Crippen molar-refractivity contribution in [3.05, 3.63) is 258 Å². The number of hydrogen-bond acceptors (Lipinski definition) is 8. The highest BCUT2D eigenvalue weighted by molar-refractivity contribution is 5.39. The molecule has 8 aromatic carbocycles. The Balaban J connectivity index is 0.000000163. The predicted molar refractivity (Wildman–Crippen MR) is 486 cm³/mol. The Bertz CT molecular complexity index is 5440. The van der Waals surface area contributed by atoms with E-state index in [-0.39, 0.29) is 119 Å². The Labute approximate surface area is 830 Å². The molecule has 0 spiro atoms. The van der Waals surface area contributed by atoms with E-state index < -0.39 is 186 Å². The van der Waals surface area contributed by atoms with Gasteiger partial charge in [-0.2, -0.15) is 35.1 Å². The third-order valence-electron chi connectivity index (χ3n) is 30.4. The van der Waals surface area contributed by atoms with Crippen LogP contribution in [-0.4, -0.2) is 50.8 Å². The van der Waals surface area contributed by atoms with Gasteiger partial charge in [-0.15, -0.1) is 0 Å². The van der Waals surface area contributed by atoms with Crippen LogP contribution in [0.4, 0.5) is 123 Å². The number of ether oxygens (including phenoxy) is 8. The molecule has 0 bridgehead atoms. The number of rotatable bonds is 30. The predicted octanol–water partition coefficient (Wildman–Crippen LogP) is 34.3. The van der Waals surface area contributed by atoms with Gasteiger partial charge in [0.15, 0.2) is 69.8 Å². The molecule has 0 N–H and O–H groups in total. The Hall–Kier alpha value is -9.16. The van der Waals surface area contributed by atoms with Crippen LogP contribution in [0.5, 0.6) is 23.0 Å². The van der Waals surface area contributed by atoms with E-state index in [1.807, 2.05) is 0 Å². The highest BCUT2D eigenvalue weighted by Crippen LogP contribution is 2.51. The molecule has 4 aliphatic heterocycles. The van der Waals surface area contributed by atoms with Crippen LogP contribution in [0.1, 0.15) is 314 Å². The van der Waals surface area contributed by atoms with Crippen LogP contribution >= 0.6 is 0 Å². The number of benzene rings is 8. The molecular weight excluding hydrogens is 1980 g/mol. The van der Waals surface area contributed by atoms with Gasteiger partial charge in [0.2, 0.25) is 0 Å². The Kier molecular flexibility index (Phi) is 39.5. The van der Waals surface area contributed by atoms with Gasteiger partial charge < -0.3 is 37.9 Å². The quantitative estimate of drug-likeness (QED) is 0.0250. The molecule has 16 rings (SSSR count). The van der Waals surface area contributed by atoms with Gasteiger partial charge in [-0.25, -0.2) is 87.8 Å². The first-order valence-electron chi connectivity index (χ1n) is 50.6. The topological polar surface area (TPSA) is 73.8 Å². The molecule has 4 heterocycles. The average molecular weight is 2100 g/mol. The normalized spacial score (nSPS) is 24.9. The Morgan fingerprint density at radius 2 is 0.418 bits per heavy atom. The van der Waals surface area contributed by atoms with Gasteiger partial charge in [-0.1, -0.05) is 72.6 Å². The lowest BCUT2D eigenvalue weighted by molar-refractivity contribution is -0.190. The van der Waals surface area contributed by atoms with Crippen molar-refractivity contribution in [2.24, 2.45) is 47.3 Å². The molecule has 4 saturated heterocycles. The van der Waals surface area contributed by atoms with Crippen LogP contribution in [0.2, 0.25) is 0 Å². The van der Waals surface area contributed by atoms with E-state index in [0.717, 1.165) is 197 Å². The summed E-state index contributed by atoms with van der Waals surface area (Å²) >= 11 is 0. The summed E-state index contributed by atoms with van der Waals surface area (Å²) in [5, 5.41) is 0. The molecule has 4 aliphatic carbocycles. The maximum Gasteiger partial charge on any atom is 0.432 e. The van der Waals surface area contributed by atoms with Gasteiger partial charge in [0, 0.05) is 75.0 Å². The van der Waals surface area contributed by atoms with Crippen molar-refractivity contribution in [2.45, 2.75) is 319 Å². The molecule has 146 heavy (non-hydrogen) atoms. The summed E-state index contributed by atoms with van der Waals surface area (Å²) in [6.45, 7) is 11.7. The van der Waals surface area contributed by atoms with E-state index in [1.54, 1.807) is 0 Å². The molecule has 8 aromatic rings. The summed E-state index contributed by atoms with van der Waals surface area (Å²) < 4.78 is 435. The van der Waals surface area contributed by atoms with Crippen LogP contribution in [0, 0.1) is 164 Å². The zero-order valence-electron chi connectivity index (χ0n) is 81.2.